The highest BCUT2D eigenvalue weighted by molar-refractivity contribution is 7.89. The molecular weight excluding hydrogens is 388 g/mol. The average molecular weight is 413 g/mol. The fraction of sp³-hybridized carbons (Fsp3) is 0.227. The number of amides is 1. The highest BCUT2D eigenvalue weighted by Crippen LogP contribution is 2.26. The third kappa shape index (κ3) is 4.58. The Hall–Kier alpha value is -2.90. The van der Waals surface area contributed by atoms with Crippen LogP contribution in [0.25, 0.3) is 10.8 Å². The van der Waals surface area contributed by atoms with E-state index in [1.54, 1.807) is 37.3 Å². The molecule has 0 heterocycles. The molecule has 0 saturated carbocycles. The number of hydrogen-bond acceptors (Lipinski definition) is 4. The number of carbonyl (C=O) groups excluding carboxylic acids is 1. The third-order valence-corrected chi connectivity index (χ3v) is 6.58. The highest BCUT2D eigenvalue weighted by atomic mass is 32.2. The van der Waals surface area contributed by atoms with Gasteiger partial charge in [0.2, 0.25) is 15.9 Å². The lowest BCUT2D eigenvalue weighted by molar-refractivity contribution is -0.116. The normalized spacial score (nSPS) is 11.6. The molecule has 1 amide bonds. The molecule has 0 aliphatic rings. The van der Waals surface area contributed by atoms with Crippen molar-refractivity contribution in [2.24, 2.45) is 0 Å². The van der Waals surface area contributed by atoms with Gasteiger partial charge in [-0.15, -0.1) is 0 Å². The summed E-state index contributed by atoms with van der Waals surface area (Å²) in [7, 11) is -2.30. The molecule has 0 aliphatic heterocycles. The van der Waals surface area contributed by atoms with Crippen LogP contribution in [0.4, 0.5) is 5.69 Å². The number of nitrogens with one attached hydrogen (secondary N) is 1. The van der Waals surface area contributed by atoms with Crippen molar-refractivity contribution in [2.45, 2.75) is 18.7 Å². The molecule has 0 bridgehead atoms. The maximum Gasteiger partial charge on any atom is 0.243 e. The van der Waals surface area contributed by atoms with Crippen LogP contribution in [0.3, 0.4) is 0 Å². The lowest BCUT2D eigenvalue weighted by Gasteiger charge is -2.21. The number of nitrogens with zero attached hydrogens (tertiary/aromatic N) is 1. The number of ether oxygens (including phenoxy) is 1. The van der Waals surface area contributed by atoms with Gasteiger partial charge in [-0.1, -0.05) is 43.3 Å². The van der Waals surface area contributed by atoms with Gasteiger partial charge in [-0.2, -0.15) is 4.31 Å². The smallest absolute Gasteiger partial charge is 0.243 e. The van der Waals surface area contributed by atoms with E-state index in [4.69, 9.17) is 4.74 Å². The van der Waals surface area contributed by atoms with Crippen molar-refractivity contribution >= 4 is 32.4 Å². The molecule has 152 valence electrons. The number of methoxy groups -OCH3 is 1. The quantitative estimate of drug-likeness (QED) is 0.640. The second kappa shape index (κ2) is 8.63. The number of aryl methyl sites for hydroxylation is 1. The molecule has 0 fully saturated rings. The van der Waals surface area contributed by atoms with Crippen LogP contribution in [-0.4, -0.2) is 38.8 Å². The summed E-state index contributed by atoms with van der Waals surface area (Å²) in [5.41, 5.74) is 1.47. The molecule has 3 rings (SSSR count). The number of hydrogen-bond donors (Lipinski definition) is 1. The van der Waals surface area contributed by atoms with E-state index in [0.717, 1.165) is 20.6 Å². The SMILES string of the molecule is CCN(CC(=O)Nc1cc(C)ccc1OC)S(=O)(=O)c1ccc2ccccc2c1. The van der Waals surface area contributed by atoms with E-state index in [0.29, 0.717) is 11.4 Å². The summed E-state index contributed by atoms with van der Waals surface area (Å²) in [5.74, 6) is 0.0875. The van der Waals surface area contributed by atoms with Gasteiger partial charge in [0.05, 0.1) is 24.2 Å². The first-order valence-corrected chi connectivity index (χ1v) is 10.7. The van der Waals surface area contributed by atoms with Gasteiger partial charge in [0.25, 0.3) is 0 Å². The molecule has 0 aliphatic carbocycles. The molecule has 3 aromatic carbocycles. The van der Waals surface area contributed by atoms with E-state index in [1.807, 2.05) is 37.3 Å². The fourth-order valence-corrected chi connectivity index (χ4v) is 4.55. The van der Waals surface area contributed by atoms with Crippen molar-refractivity contribution in [1.29, 1.82) is 0 Å². The van der Waals surface area contributed by atoms with Gasteiger partial charge >= 0.3 is 0 Å². The summed E-state index contributed by atoms with van der Waals surface area (Å²) >= 11 is 0. The molecule has 29 heavy (non-hydrogen) atoms. The van der Waals surface area contributed by atoms with Gasteiger partial charge in [0.1, 0.15) is 5.75 Å². The van der Waals surface area contributed by atoms with Crippen LogP contribution in [0.2, 0.25) is 0 Å². The van der Waals surface area contributed by atoms with Gasteiger partial charge in [0.15, 0.2) is 0 Å². The number of sulfonamides is 1. The molecule has 0 spiro atoms. The van der Waals surface area contributed by atoms with Crippen molar-refractivity contribution in [2.75, 3.05) is 25.5 Å². The zero-order valence-corrected chi connectivity index (χ0v) is 17.5. The van der Waals surface area contributed by atoms with Crippen LogP contribution in [0, 0.1) is 6.92 Å². The first-order valence-electron chi connectivity index (χ1n) is 9.28. The van der Waals surface area contributed by atoms with Crippen molar-refractivity contribution in [3.63, 3.8) is 0 Å². The van der Waals surface area contributed by atoms with Crippen LogP contribution in [-0.2, 0) is 14.8 Å². The van der Waals surface area contributed by atoms with E-state index in [9.17, 15) is 13.2 Å². The number of benzene rings is 3. The molecule has 0 unspecified atom stereocenters. The van der Waals surface area contributed by atoms with E-state index >= 15 is 0 Å². The lowest BCUT2D eigenvalue weighted by atomic mass is 10.1. The fourth-order valence-electron chi connectivity index (χ4n) is 3.11. The van der Waals surface area contributed by atoms with Crippen LogP contribution in [0.5, 0.6) is 5.75 Å². The highest BCUT2D eigenvalue weighted by Gasteiger charge is 2.25. The number of carbonyl (C=O) groups is 1. The largest absolute Gasteiger partial charge is 0.495 e. The molecule has 0 radical (unpaired) electrons. The standard InChI is InChI=1S/C22H24N2O4S/c1-4-24(15-22(25)23-20-13-16(2)9-12-21(20)28-3)29(26,27)19-11-10-17-7-5-6-8-18(17)14-19/h5-14H,4,15H2,1-3H3,(H,23,25). The Bertz CT molecular complexity index is 1140. The van der Waals surface area contributed by atoms with E-state index in [2.05, 4.69) is 5.32 Å². The molecule has 6 nitrogen and oxygen atoms in total. The molecule has 7 heteroatoms. The molecular formula is C22H24N2O4S. The third-order valence-electron chi connectivity index (χ3n) is 4.66. The van der Waals surface area contributed by atoms with Crippen molar-refractivity contribution in [1.82, 2.24) is 4.31 Å². The summed E-state index contributed by atoms with van der Waals surface area (Å²) in [5, 5.41) is 4.54. The van der Waals surface area contributed by atoms with Crippen LogP contribution in [0.1, 0.15) is 12.5 Å². The predicted molar refractivity (Wildman–Crippen MR) is 115 cm³/mol. The van der Waals surface area contributed by atoms with Gasteiger partial charge in [-0.05, 0) is 47.5 Å². The summed E-state index contributed by atoms with van der Waals surface area (Å²) in [6.07, 6.45) is 0. The summed E-state index contributed by atoms with van der Waals surface area (Å²) < 4.78 is 32.6. The van der Waals surface area contributed by atoms with Crippen molar-refractivity contribution < 1.29 is 17.9 Å². The van der Waals surface area contributed by atoms with Crippen LogP contribution < -0.4 is 10.1 Å². The Balaban J connectivity index is 1.82. The first-order chi connectivity index (χ1) is 13.8. The summed E-state index contributed by atoms with van der Waals surface area (Å²) in [6, 6.07) is 17.9. The predicted octanol–water partition coefficient (Wildman–Crippen LogP) is 3.81. The molecule has 3 aromatic rings. The first kappa shape index (κ1) is 20.8. The van der Waals surface area contributed by atoms with Crippen molar-refractivity contribution in [3.8, 4) is 5.75 Å². The lowest BCUT2D eigenvalue weighted by Crippen LogP contribution is -2.37. The number of anilines is 1. The minimum Gasteiger partial charge on any atom is -0.495 e. The second-order valence-corrected chi connectivity index (χ2v) is 8.63. The minimum absolute atomic E-state index is 0.166. The Morgan fingerprint density at radius 1 is 1.03 bits per heavy atom. The van der Waals surface area contributed by atoms with E-state index in [-0.39, 0.29) is 18.0 Å². The average Bonchev–Trinajstić information content (AvgIpc) is 2.71. The van der Waals surface area contributed by atoms with E-state index in [1.165, 1.54) is 7.11 Å². The Labute approximate surface area is 171 Å². The molecule has 0 saturated heterocycles. The van der Waals surface area contributed by atoms with Crippen molar-refractivity contribution in [3.05, 3.63) is 66.2 Å². The second-order valence-electron chi connectivity index (χ2n) is 6.69. The monoisotopic (exact) mass is 412 g/mol. The Kier molecular flexibility index (Phi) is 6.20. The maximum absolute atomic E-state index is 13.1. The van der Waals surface area contributed by atoms with Gasteiger partial charge in [-0.3, -0.25) is 4.79 Å². The maximum atomic E-state index is 13.1. The molecule has 1 N–H and O–H groups in total. The Morgan fingerprint density at radius 2 is 1.76 bits per heavy atom. The Morgan fingerprint density at radius 3 is 2.45 bits per heavy atom. The van der Waals surface area contributed by atoms with Gasteiger partial charge < -0.3 is 10.1 Å². The number of fused-ring (bicyclic) bond motifs is 1. The van der Waals surface area contributed by atoms with Gasteiger partial charge in [-0.25, -0.2) is 8.42 Å². The zero-order valence-electron chi connectivity index (χ0n) is 16.7. The number of likely N-dealkylation sites (N-methyl/N-ethyl adjacent to an activating group) is 1. The topological polar surface area (TPSA) is 75.7 Å². The zero-order chi connectivity index (χ0) is 21.0. The molecule has 0 aromatic heterocycles. The molecule has 0 atom stereocenters. The van der Waals surface area contributed by atoms with Crippen LogP contribution in [0.15, 0.2) is 65.6 Å². The minimum atomic E-state index is -3.81. The summed E-state index contributed by atoms with van der Waals surface area (Å²) in [6.45, 7) is 3.49. The van der Waals surface area contributed by atoms with Gasteiger partial charge in [0, 0.05) is 6.54 Å². The summed E-state index contributed by atoms with van der Waals surface area (Å²) in [4.78, 5) is 12.7. The van der Waals surface area contributed by atoms with Crippen LogP contribution >= 0.6 is 0 Å². The number of rotatable bonds is 7. The van der Waals surface area contributed by atoms with E-state index < -0.39 is 15.9 Å².